The van der Waals surface area contributed by atoms with Gasteiger partial charge in [-0.3, -0.25) is 0 Å². The van der Waals surface area contributed by atoms with E-state index in [1.54, 1.807) is 28.7 Å². The van der Waals surface area contributed by atoms with Gasteiger partial charge in [0.1, 0.15) is 18.1 Å². The second kappa shape index (κ2) is 8.41. The van der Waals surface area contributed by atoms with Crippen molar-refractivity contribution in [3.05, 3.63) is 69.4 Å². The molecule has 4 rings (SSSR count). The normalized spacial score (nSPS) is 10.9. The van der Waals surface area contributed by atoms with Crippen molar-refractivity contribution < 1.29 is 19.1 Å². The molecule has 0 spiro atoms. The summed E-state index contributed by atoms with van der Waals surface area (Å²) >= 11 is 3.25. The predicted molar refractivity (Wildman–Crippen MR) is 107 cm³/mol. The first-order valence-electron chi connectivity index (χ1n) is 8.65. The molecular weight excluding hydrogens is 394 g/mol. The summed E-state index contributed by atoms with van der Waals surface area (Å²) in [5, 5.41) is 18.7. The zero-order valence-corrected chi connectivity index (χ0v) is 16.4. The third-order valence-corrected chi connectivity index (χ3v) is 5.50. The molecule has 0 aliphatic rings. The van der Waals surface area contributed by atoms with Gasteiger partial charge < -0.3 is 19.1 Å². The highest BCUT2D eigenvalue weighted by atomic mass is 32.1. The van der Waals surface area contributed by atoms with E-state index >= 15 is 0 Å². The molecular formula is C21H16NO4S2-. The molecule has 5 nitrogen and oxygen atoms in total. The Balaban J connectivity index is 1.52. The average Bonchev–Trinajstić information content (AvgIpc) is 3.45. The standard InChI is InChI=1S/C21H17NO4S2/c23-19(24)11-25-17-3-1-2-14(10-17)4-5-18-22-20(15-6-8-27-12-15)21(26-18)16-7-9-28-13-16/h1-3,6-10,12-13H,4-5,11H2,(H,23,24)/p-1. The summed E-state index contributed by atoms with van der Waals surface area (Å²) in [5.74, 6) is 0.725. The summed E-state index contributed by atoms with van der Waals surface area (Å²) in [4.78, 5) is 15.3. The Labute approximate surface area is 169 Å². The van der Waals surface area contributed by atoms with Crippen LogP contribution in [0.2, 0.25) is 0 Å². The van der Waals surface area contributed by atoms with E-state index in [-0.39, 0.29) is 0 Å². The second-order valence-corrected chi connectivity index (χ2v) is 7.68. The summed E-state index contributed by atoms with van der Waals surface area (Å²) < 4.78 is 11.3. The van der Waals surface area contributed by atoms with Crippen molar-refractivity contribution in [2.75, 3.05) is 6.61 Å². The molecule has 0 unspecified atom stereocenters. The molecule has 4 aromatic rings. The van der Waals surface area contributed by atoms with Crippen molar-refractivity contribution in [3.8, 4) is 28.3 Å². The summed E-state index contributed by atoms with van der Waals surface area (Å²) in [6.45, 7) is -0.461. The Hall–Kier alpha value is -2.90. The van der Waals surface area contributed by atoms with Gasteiger partial charge in [0.2, 0.25) is 0 Å². The summed E-state index contributed by atoms with van der Waals surface area (Å²) in [5.41, 5.74) is 3.96. The second-order valence-electron chi connectivity index (χ2n) is 6.12. The number of hydrogen-bond donors (Lipinski definition) is 0. The lowest BCUT2D eigenvalue weighted by Crippen LogP contribution is -2.28. The molecule has 3 aromatic heterocycles. The number of aromatic nitrogens is 1. The van der Waals surface area contributed by atoms with Crippen LogP contribution in [-0.4, -0.2) is 17.6 Å². The molecule has 0 amide bonds. The number of oxazole rings is 1. The summed E-state index contributed by atoms with van der Waals surface area (Å²) in [6.07, 6.45) is 1.33. The van der Waals surface area contributed by atoms with E-state index in [2.05, 4.69) is 10.8 Å². The lowest BCUT2D eigenvalue weighted by Gasteiger charge is -2.08. The fraction of sp³-hybridized carbons (Fsp3) is 0.143. The maximum atomic E-state index is 10.5. The third-order valence-electron chi connectivity index (χ3n) is 4.13. The minimum Gasteiger partial charge on any atom is -0.546 e. The molecule has 1 aromatic carbocycles. The van der Waals surface area contributed by atoms with Crippen molar-refractivity contribution in [2.45, 2.75) is 12.8 Å². The molecule has 28 heavy (non-hydrogen) atoms. The van der Waals surface area contributed by atoms with E-state index in [0.29, 0.717) is 24.5 Å². The van der Waals surface area contributed by atoms with Crippen LogP contribution >= 0.6 is 22.7 Å². The zero-order valence-electron chi connectivity index (χ0n) is 14.8. The molecule has 0 aliphatic carbocycles. The average molecular weight is 410 g/mol. The van der Waals surface area contributed by atoms with E-state index in [1.807, 2.05) is 41.1 Å². The number of carbonyl (C=O) groups is 1. The van der Waals surface area contributed by atoms with Gasteiger partial charge in [0.15, 0.2) is 11.7 Å². The monoisotopic (exact) mass is 410 g/mol. The zero-order chi connectivity index (χ0) is 19.3. The number of benzene rings is 1. The van der Waals surface area contributed by atoms with Crippen molar-refractivity contribution in [2.24, 2.45) is 0 Å². The number of carboxylic acid groups (broad SMARTS) is 1. The highest BCUT2D eigenvalue weighted by molar-refractivity contribution is 7.08. The molecule has 142 valence electrons. The van der Waals surface area contributed by atoms with Crippen LogP contribution in [0.1, 0.15) is 11.5 Å². The first-order valence-corrected chi connectivity index (χ1v) is 10.5. The Morgan fingerprint density at radius 1 is 1.07 bits per heavy atom. The highest BCUT2D eigenvalue weighted by Gasteiger charge is 2.17. The lowest BCUT2D eigenvalue weighted by molar-refractivity contribution is -0.307. The van der Waals surface area contributed by atoms with Crippen LogP contribution in [0.3, 0.4) is 0 Å². The molecule has 0 saturated heterocycles. The van der Waals surface area contributed by atoms with Gasteiger partial charge in [0.25, 0.3) is 0 Å². The first kappa shape index (κ1) is 18.5. The van der Waals surface area contributed by atoms with Crippen LogP contribution < -0.4 is 9.84 Å². The predicted octanol–water partition coefficient (Wildman–Crippen LogP) is 4.05. The molecule has 0 fully saturated rings. The van der Waals surface area contributed by atoms with E-state index in [4.69, 9.17) is 14.1 Å². The maximum Gasteiger partial charge on any atom is 0.195 e. The summed E-state index contributed by atoms with van der Waals surface area (Å²) in [7, 11) is 0. The molecule has 7 heteroatoms. The minimum absolute atomic E-state index is 0.461. The Kier molecular flexibility index (Phi) is 5.55. The summed E-state index contributed by atoms with van der Waals surface area (Å²) in [6, 6.07) is 11.4. The van der Waals surface area contributed by atoms with E-state index in [1.165, 1.54) is 0 Å². The molecule has 0 saturated carbocycles. The molecule has 0 atom stereocenters. The number of hydrogen-bond acceptors (Lipinski definition) is 7. The van der Waals surface area contributed by atoms with Crippen LogP contribution in [0.4, 0.5) is 0 Å². The van der Waals surface area contributed by atoms with Crippen LogP contribution in [0.25, 0.3) is 22.6 Å². The van der Waals surface area contributed by atoms with Gasteiger partial charge in [-0.15, -0.1) is 0 Å². The van der Waals surface area contributed by atoms with Gasteiger partial charge in [-0.1, -0.05) is 12.1 Å². The molecule has 0 bridgehead atoms. The number of carboxylic acids is 1. The lowest BCUT2D eigenvalue weighted by atomic mass is 10.1. The van der Waals surface area contributed by atoms with Crippen LogP contribution in [-0.2, 0) is 17.6 Å². The van der Waals surface area contributed by atoms with Gasteiger partial charge in [0.05, 0.1) is 5.97 Å². The molecule has 0 aliphatic heterocycles. The highest BCUT2D eigenvalue weighted by Crippen LogP contribution is 2.35. The number of nitrogens with zero attached hydrogens (tertiary/aromatic N) is 1. The maximum absolute atomic E-state index is 10.5. The van der Waals surface area contributed by atoms with Gasteiger partial charge in [-0.2, -0.15) is 22.7 Å². The largest absolute Gasteiger partial charge is 0.546 e. The molecule has 0 N–H and O–H groups in total. The number of aryl methyl sites for hydroxylation is 2. The van der Waals surface area contributed by atoms with Gasteiger partial charge >= 0.3 is 0 Å². The Morgan fingerprint density at radius 3 is 2.57 bits per heavy atom. The number of rotatable bonds is 8. The number of carbonyl (C=O) groups excluding carboxylic acids is 1. The van der Waals surface area contributed by atoms with Crippen LogP contribution in [0.15, 0.2) is 62.3 Å². The molecule has 0 radical (unpaired) electrons. The molecule has 3 heterocycles. The van der Waals surface area contributed by atoms with E-state index < -0.39 is 12.6 Å². The smallest absolute Gasteiger partial charge is 0.195 e. The van der Waals surface area contributed by atoms with Crippen molar-refractivity contribution in [3.63, 3.8) is 0 Å². The van der Waals surface area contributed by atoms with E-state index in [9.17, 15) is 9.90 Å². The Bertz CT molecular complexity index is 1000. The van der Waals surface area contributed by atoms with Gasteiger partial charge in [-0.25, -0.2) is 4.98 Å². The quantitative estimate of drug-likeness (QED) is 0.438. The number of thiophene rings is 2. The van der Waals surface area contributed by atoms with Gasteiger partial charge in [-0.05, 0) is 47.0 Å². The minimum atomic E-state index is -1.24. The van der Waals surface area contributed by atoms with Crippen molar-refractivity contribution in [1.29, 1.82) is 0 Å². The van der Waals surface area contributed by atoms with Crippen molar-refractivity contribution >= 4 is 28.6 Å². The fourth-order valence-corrected chi connectivity index (χ4v) is 4.12. The fourth-order valence-electron chi connectivity index (χ4n) is 2.84. The number of aliphatic carboxylic acids is 1. The first-order chi connectivity index (χ1) is 13.7. The topological polar surface area (TPSA) is 75.4 Å². The van der Waals surface area contributed by atoms with Gasteiger partial charge in [0, 0.05) is 28.3 Å². The van der Waals surface area contributed by atoms with Crippen LogP contribution in [0.5, 0.6) is 5.75 Å². The SMILES string of the molecule is O=C([O-])COc1cccc(CCc2nc(-c3ccsc3)c(-c3ccsc3)o2)c1. The number of ether oxygens (including phenoxy) is 1. The van der Waals surface area contributed by atoms with Crippen LogP contribution in [0, 0.1) is 0 Å². The van der Waals surface area contributed by atoms with E-state index in [0.717, 1.165) is 28.1 Å². The third kappa shape index (κ3) is 4.32. The Morgan fingerprint density at radius 2 is 1.86 bits per heavy atom. The van der Waals surface area contributed by atoms with Crippen molar-refractivity contribution in [1.82, 2.24) is 4.98 Å².